The highest BCUT2D eigenvalue weighted by molar-refractivity contribution is 6.31. The Morgan fingerprint density at radius 2 is 1.64 bits per heavy atom. The van der Waals surface area contributed by atoms with E-state index in [0.717, 1.165) is 46.5 Å². The molecule has 2 bridgehead atoms. The number of rotatable bonds is 12. The number of hydrogen-bond donors (Lipinski definition) is 1. The Hall–Kier alpha value is -4.99. The third-order valence-electron chi connectivity index (χ3n) is 12.4. The molecule has 6 rings (SSSR count). The molecule has 2 aliphatic rings. The first kappa shape index (κ1) is 50.4. The summed E-state index contributed by atoms with van der Waals surface area (Å²) in [6.07, 6.45) is -3.44. The third kappa shape index (κ3) is 12.9. The van der Waals surface area contributed by atoms with Crippen molar-refractivity contribution >= 4 is 46.7 Å². The largest absolute Gasteiger partial charge is 0.457 e. The van der Waals surface area contributed by atoms with Crippen LogP contribution < -0.4 is 10.1 Å². The SMILES string of the molecule is COC[C@@H]1CC(=O)[C@H](C)N(Cc2c(F)cc(Cl)cc2Oc2ccc(-c3cnc(CCC(C)(C)C)n3C)cc2)C(=O)C[C@@H](CC(F)(F)F)C(=O)N2CCC[C@@](Cc3ccc(Cl)cc3)(C2)NC1=O. The highest BCUT2D eigenvalue weighted by Gasteiger charge is 2.45. The highest BCUT2D eigenvalue weighted by Crippen LogP contribution is 2.37. The van der Waals surface area contributed by atoms with E-state index in [1.165, 1.54) is 25.0 Å². The van der Waals surface area contributed by atoms with Gasteiger partial charge in [0.2, 0.25) is 17.7 Å². The summed E-state index contributed by atoms with van der Waals surface area (Å²) < 4.78 is 72.8. The predicted octanol–water partition coefficient (Wildman–Crippen LogP) is 9.94. The standard InChI is InChI=1S/C49H57Cl2F4N5O6/c1-30-41(61)20-34(28-65-6)45(63)57-48(24-31-8-12-35(50)13-9-31)17-7-19-59(29-48)46(64)33(25-49(53,54)55)21-44(62)60(30)27-38-39(52)22-36(51)23-42(38)66-37-14-10-32(11-15-37)40-26-56-43(58(40)5)16-18-47(2,3)4/h8-15,22-23,26,30,33-34H,7,16-21,24-25,27-29H2,1-6H3,(H,57,63)/t30-,33-,34-,48+/m0/s1. The average Bonchev–Trinajstić information content (AvgIpc) is 3.61. The van der Waals surface area contributed by atoms with Gasteiger partial charge in [0.1, 0.15) is 23.1 Å². The molecule has 1 N–H and O–H groups in total. The van der Waals surface area contributed by atoms with Gasteiger partial charge in [-0.25, -0.2) is 9.37 Å². The second-order valence-corrected chi connectivity index (χ2v) is 19.7. The molecule has 0 unspecified atom stereocenters. The van der Waals surface area contributed by atoms with Crippen LogP contribution in [0.3, 0.4) is 0 Å². The molecule has 0 spiro atoms. The molecule has 1 aromatic heterocycles. The Bertz CT molecular complexity index is 2390. The molecular formula is C49H57Cl2F4N5O6. The number of piperidine rings is 1. The van der Waals surface area contributed by atoms with Crippen molar-refractivity contribution < 1.29 is 46.2 Å². The van der Waals surface area contributed by atoms with Crippen LogP contribution in [-0.2, 0) is 50.3 Å². The van der Waals surface area contributed by atoms with E-state index in [0.29, 0.717) is 17.9 Å². The van der Waals surface area contributed by atoms with Crippen LogP contribution in [0.5, 0.6) is 11.5 Å². The Balaban J connectivity index is 1.33. The molecule has 356 valence electrons. The number of ether oxygens (including phenoxy) is 2. The number of aromatic nitrogens is 2. The van der Waals surface area contributed by atoms with Crippen molar-refractivity contribution in [3.05, 3.63) is 99.7 Å². The fourth-order valence-electron chi connectivity index (χ4n) is 8.79. The van der Waals surface area contributed by atoms with Gasteiger partial charge >= 0.3 is 6.18 Å². The molecule has 2 saturated heterocycles. The highest BCUT2D eigenvalue weighted by atomic mass is 35.5. The zero-order chi connectivity index (χ0) is 48.1. The van der Waals surface area contributed by atoms with Crippen LogP contribution in [0.15, 0.2) is 66.9 Å². The lowest BCUT2D eigenvalue weighted by Gasteiger charge is -2.45. The number of amides is 3. The number of nitrogens with zero attached hydrogens (tertiary/aromatic N) is 4. The number of carbonyl (C=O) groups excluding carboxylic acids is 4. The molecule has 3 amide bonds. The molecule has 4 aromatic rings. The number of aryl methyl sites for hydroxylation is 1. The Labute approximate surface area is 393 Å². The van der Waals surface area contributed by atoms with Crippen LogP contribution in [0.4, 0.5) is 17.6 Å². The van der Waals surface area contributed by atoms with E-state index in [-0.39, 0.29) is 53.6 Å². The van der Waals surface area contributed by atoms with Gasteiger partial charge in [-0.1, -0.05) is 56.1 Å². The number of benzene rings is 3. The van der Waals surface area contributed by atoms with Crippen LogP contribution in [-0.4, -0.2) is 87.4 Å². The van der Waals surface area contributed by atoms with Crippen molar-refractivity contribution in [3.8, 4) is 22.8 Å². The lowest BCUT2D eigenvalue weighted by molar-refractivity contribution is -0.164. The van der Waals surface area contributed by atoms with Crippen LogP contribution in [0.1, 0.15) is 83.2 Å². The summed E-state index contributed by atoms with van der Waals surface area (Å²) in [4.78, 5) is 64.2. The van der Waals surface area contributed by atoms with E-state index >= 15 is 4.39 Å². The number of carbonyl (C=O) groups is 4. The number of halogens is 6. The van der Waals surface area contributed by atoms with Gasteiger partial charge in [-0.2, -0.15) is 13.2 Å². The Morgan fingerprint density at radius 1 is 0.939 bits per heavy atom. The molecule has 0 radical (unpaired) electrons. The van der Waals surface area contributed by atoms with E-state index in [4.69, 9.17) is 32.7 Å². The van der Waals surface area contributed by atoms with Gasteiger partial charge in [0, 0.05) is 67.7 Å². The molecule has 66 heavy (non-hydrogen) atoms. The zero-order valence-electron chi connectivity index (χ0n) is 38.1. The maximum Gasteiger partial charge on any atom is 0.389 e. The predicted molar refractivity (Wildman–Crippen MR) is 244 cm³/mol. The number of nitrogens with one attached hydrogen (secondary N) is 1. The summed E-state index contributed by atoms with van der Waals surface area (Å²) in [6, 6.07) is 14.7. The monoisotopic (exact) mass is 957 g/mol. The van der Waals surface area contributed by atoms with Crippen LogP contribution in [0, 0.1) is 23.1 Å². The fraction of sp³-hybridized carbons (Fsp3) is 0.490. The molecule has 0 saturated carbocycles. The van der Waals surface area contributed by atoms with Crippen molar-refractivity contribution in [1.29, 1.82) is 0 Å². The number of ketones is 1. The third-order valence-corrected chi connectivity index (χ3v) is 12.9. The second kappa shape index (κ2) is 20.9. The van der Waals surface area contributed by atoms with Crippen molar-refractivity contribution in [2.45, 2.75) is 103 Å². The lowest BCUT2D eigenvalue weighted by Crippen LogP contribution is -2.63. The van der Waals surface area contributed by atoms with Crippen LogP contribution in [0.2, 0.25) is 10.0 Å². The summed E-state index contributed by atoms with van der Waals surface area (Å²) in [5.41, 5.74) is 1.22. The number of imidazole rings is 1. The molecule has 17 heteroatoms. The first-order chi connectivity index (χ1) is 31.0. The number of fused-ring (bicyclic) bond motifs is 2. The smallest absolute Gasteiger partial charge is 0.389 e. The van der Waals surface area contributed by atoms with Crippen LogP contribution in [0.25, 0.3) is 11.3 Å². The first-order valence-corrected chi connectivity index (χ1v) is 22.8. The summed E-state index contributed by atoms with van der Waals surface area (Å²) in [5.74, 6) is -5.94. The molecule has 2 aliphatic heterocycles. The number of hydrogen-bond acceptors (Lipinski definition) is 7. The summed E-state index contributed by atoms with van der Waals surface area (Å²) in [7, 11) is 3.31. The van der Waals surface area contributed by atoms with Crippen molar-refractivity contribution in [3.63, 3.8) is 0 Å². The van der Waals surface area contributed by atoms with Gasteiger partial charge in [-0.15, -0.1) is 0 Å². The minimum Gasteiger partial charge on any atom is -0.457 e. The molecule has 0 aliphatic carbocycles. The maximum absolute atomic E-state index is 16.2. The Kier molecular flexibility index (Phi) is 16.0. The van der Waals surface area contributed by atoms with Crippen molar-refractivity contribution in [2.24, 2.45) is 24.3 Å². The lowest BCUT2D eigenvalue weighted by atomic mass is 9.81. The molecular weight excluding hydrogens is 901 g/mol. The second-order valence-electron chi connectivity index (χ2n) is 18.8. The van der Waals surface area contributed by atoms with Gasteiger partial charge < -0.3 is 29.2 Å². The molecule has 3 aromatic carbocycles. The van der Waals surface area contributed by atoms with Gasteiger partial charge in [0.15, 0.2) is 5.78 Å². The fourth-order valence-corrected chi connectivity index (χ4v) is 9.11. The Morgan fingerprint density at radius 3 is 2.29 bits per heavy atom. The van der Waals surface area contributed by atoms with E-state index < -0.39 is 84.7 Å². The minimum atomic E-state index is -4.86. The molecule has 11 nitrogen and oxygen atoms in total. The first-order valence-electron chi connectivity index (χ1n) is 22.0. The summed E-state index contributed by atoms with van der Waals surface area (Å²) in [6.45, 7) is 6.95. The number of methoxy groups -OCH3 is 1. The van der Waals surface area contributed by atoms with Crippen molar-refractivity contribution in [2.75, 3.05) is 26.8 Å². The van der Waals surface area contributed by atoms with E-state index in [9.17, 15) is 32.3 Å². The van der Waals surface area contributed by atoms with Crippen molar-refractivity contribution in [1.82, 2.24) is 24.7 Å². The molecule has 2 fully saturated rings. The van der Waals surface area contributed by atoms with Gasteiger partial charge in [-0.3, -0.25) is 19.2 Å². The minimum absolute atomic E-state index is 0.0464. The summed E-state index contributed by atoms with van der Waals surface area (Å²) in [5, 5.41) is 3.51. The average molecular weight is 959 g/mol. The molecule has 3 heterocycles. The summed E-state index contributed by atoms with van der Waals surface area (Å²) >= 11 is 12.5. The molecule has 4 atom stereocenters. The van der Waals surface area contributed by atoms with E-state index in [2.05, 4.69) is 31.1 Å². The van der Waals surface area contributed by atoms with Gasteiger partial charge in [0.25, 0.3) is 0 Å². The van der Waals surface area contributed by atoms with E-state index in [1.807, 2.05) is 11.6 Å². The van der Waals surface area contributed by atoms with Gasteiger partial charge in [-0.05, 0) is 92.1 Å². The number of alkyl halides is 3. The zero-order valence-corrected chi connectivity index (χ0v) is 39.6. The number of Topliss-reactive ketones (excluding diaryl/α,β-unsaturated/α-hetero) is 1. The van der Waals surface area contributed by atoms with Gasteiger partial charge in [0.05, 0.1) is 54.9 Å². The van der Waals surface area contributed by atoms with E-state index in [1.54, 1.807) is 54.7 Å². The maximum atomic E-state index is 16.2. The van der Waals surface area contributed by atoms with Crippen LogP contribution >= 0.6 is 23.2 Å². The quantitative estimate of drug-likeness (QED) is 0.140. The topological polar surface area (TPSA) is 123 Å². The normalized spacial score (nSPS) is 21.5.